The molecule has 7 nitrogen and oxygen atoms in total. The molecule has 2 amide bonds. The summed E-state index contributed by atoms with van der Waals surface area (Å²) in [4.78, 5) is 30.2. The van der Waals surface area contributed by atoms with Gasteiger partial charge in [0.25, 0.3) is 5.91 Å². The standard InChI is InChI=1S/C22H33N3O4/c1-16-8-10-22(11-9-16)25(21(27)17-6-5-7-18(14-17)28-4)19(15-29-22)20(26)23-12-13-24(2)3/h5-7,14,16,19H,8-13,15H2,1-4H3,(H,23,26)/t16?,19-,22?/m1/s1. The van der Waals surface area contributed by atoms with Gasteiger partial charge in [0.2, 0.25) is 5.91 Å². The first-order chi connectivity index (χ1) is 13.9. The molecule has 7 heteroatoms. The summed E-state index contributed by atoms with van der Waals surface area (Å²) in [5.41, 5.74) is -0.185. The van der Waals surface area contributed by atoms with Gasteiger partial charge in [-0.2, -0.15) is 0 Å². The Morgan fingerprint density at radius 3 is 2.69 bits per heavy atom. The predicted octanol–water partition coefficient (Wildman–Crippen LogP) is 2.12. The Morgan fingerprint density at radius 2 is 2.03 bits per heavy atom. The molecule has 1 spiro atoms. The van der Waals surface area contributed by atoms with E-state index in [2.05, 4.69) is 12.2 Å². The van der Waals surface area contributed by atoms with E-state index in [1.807, 2.05) is 19.0 Å². The molecule has 1 aromatic rings. The molecule has 3 rings (SSSR count). The topological polar surface area (TPSA) is 71.1 Å². The van der Waals surface area contributed by atoms with Crippen molar-refractivity contribution in [2.45, 2.75) is 44.4 Å². The van der Waals surface area contributed by atoms with Gasteiger partial charge in [-0.15, -0.1) is 0 Å². The molecule has 0 radical (unpaired) electrons. The molecular weight excluding hydrogens is 370 g/mol. The molecule has 1 heterocycles. The summed E-state index contributed by atoms with van der Waals surface area (Å²) in [6.07, 6.45) is 3.48. The second kappa shape index (κ2) is 9.13. The van der Waals surface area contributed by atoms with Gasteiger partial charge in [-0.3, -0.25) is 14.5 Å². The first-order valence-electron chi connectivity index (χ1n) is 10.4. The minimum absolute atomic E-state index is 0.154. The maximum absolute atomic E-state index is 13.6. The van der Waals surface area contributed by atoms with Gasteiger partial charge < -0.3 is 19.7 Å². The lowest BCUT2D eigenvalue weighted by Crippen LogP contribution is -2.57. The summed E-state index contributed by atoms with van der Waals surface area (Å²) in [7, 11) is 5.50. The van der Waals surface area contributed by atoms with Crippen LogP contribution < -0.4 is 10.1 Å². The number of rotatable bonds is 6. The number of likely N-dealkylation sites (N-methyl/N-ethyl adjacent to an activating group) is 1. The van der Waals surface area contributed by atoms with Crippen LogP contribution in [0.3, 0.4) is 0 Å². The maximum Gasteiger partial charge on any atom is 0.257 e. The van der Waals surface area contributed by atoms with Gasteiger partial charge in [-0.05, 0) is 63.9 Å². The molecule has 2 fully saturated rings. The third kappa shape index (κ3) is 4.73. The molecule has 160 valence electrons. The third-order valence-corrected chi connectivity index (χ3v) is 6.01. The molecule has 1 N–H and O–H groups in total. The van der Waals surface area contributed by atoms with Crippen LogP contribution in [-0.2, 0) is 9.53 Å². The molecule has 1 aromatic carbocycles. The zero-order valence-electron chi connectivity index (χ0n) is 17.9. The van der Waals surface area contributed by atoms with Gasteiger partial charge in [-0.1, -0.05) is 13.0 Å². The van der Waals surface area contributed by atoms with Crippen molar-refractivity contribution in [2.75, 3.05) is 40.9 Å². The number of methoxy groups -OCH3 is 1. The quantitative estimate of drug-likeness (QED) is 0.788. The molecule has 1 saturated carbocycles. The Labute approximate surface area is 173 Å². The average Bonchev–Trinajstić information content (AvgIpc) is 3.08. The van der Waals surface area contributed by atoms with Crippen LogP contribution in [0.25, 0.3) is 0 Å². The van der Waals surface area contributed by atoms with Crippen molar-refractivity contribution >= 4 is 11.8 Å². The van der Waals surface area contributed by atoms with Crippen molar-refractivity contribution in [3.63, 3.8) is 0 Å². The van der Waals surface area contributed by atoms with Crippen molar-refractivity contribution in [1.29, 1.82) is 0 Å². The normalized spacial score (nSPS) is 26.7. The Kier molecular flexibility index (Phi) is 6.80. The minimum atomic E-state index is -0.698. The van der Waals surface area contributed by atoms with Crippen molar-refractivity contribution in [3.8, 4) is 5.75 Å². The summed E-state index contributed by atoms with van der Waals surface area (Å²) in [6.45, 7) is 3.73. The van der Waals surface area contributed by atoms with E-state index in [9.17, 15) is 9.59 Å². The number of benzene rings is 1. The van der Waals surface area contributed by atoms with Gasteiger partial charge in [0.15, 0.2) is 0 Å². The first-order valence-corrected chi connectivity index (χ1v) is 10.4. The van der Waals surface area contributed by atoms with E-state index >= 15 is 0 Å². The number of nitrogens with zero attached hydrogens (tertiary/aromatic N) is 2. The Bertz CT molecular complexity index is 729. The van der Waals surface area contributed by atoms with Gasteiger partial charge in [-0.25, -0.2) is 0 Å². The minimum Gasteiger partial charge on any atom is -0.497 e. The fourth-order valence-electron chi connectivity index (χ4n) is 4.20. The van der Waals surface area contributed by atoms with E-state index in [4.69, 9.17) is 9.47 Å². The molecule has 1 atom stereocenters. The summed E-state index contributed by atoms with van der Waals surface area (Å²) in [6, 6.07) is 6.47. The number of ether oxygens (including phenoxy) is 2. The van der Waals surface area contributed by atoms with Crippen LogP contribution in [0.15, 0.2) is 24.3 Å². The lowest BCUT2D eigenvalue weighted by Gasteiger charge is -2.43. The number of carbonyl (C=O) groups is 2. The largest absolute Gasteiger partial charge is 0.497 e. The predicted molar refractivity (Wildman–Crippen MR) is 111 cm³/mol. The summed E-state index contributed by atoms with van der Waals surface area (Å²) in [5, 5.41) is 2.97. The van der Waals surface area contributed by atoms with Crippen molar-refractivity contribution in [2.24, 2.45) is 5.92 Å². The van der Waals surface area contributed by atoms with Gasteiger partial charge in [0, 0.05) is 18.7 Å². The van der Waals surface area contributed by atoms with E-state index in [0.717, 1.165) is 32.2 Å². The van der Waals surface area contributed by atoms with Crippen LogP contribution in [0.5, 0.6) is 5.75 Å². The van der Waals surface area contributed by atoms with Gasteiger partial charge in [0.05, 0.1) is 13.7 Å². The van der Waals surface area contributed by atoms with Crippen LogP contribution in [-0.4, -0.2) is 74.3 Å². The summed E-state index contributed by atoms with van der Waals surface area (Å²) < 4.78 is 11.5. The molecular formula is C22H33N3O4. The van der Waals surface area contributed by atoms with Crippen molar-refractivity contribution < 1.29 is 19.1 Å². The molecule has 0 aromatic heterocycles. The first kappa shape index (κ1) is 21.6. The monoisotopic (exact) mass is 403 g/mol. The van der Waals surface area contributed by atoms with E-state index in [-0.39, 0.29) is 18.4 Å². The average molecular weight is 404 g/mol. The van der Waals surface area contributed by atoms with Crippen LogP contribution in [0, 0.1) is 5.92 Å². The van der Waals surface area contributed by atoms with Crippen LogP contribution in [0.1, 0.15) is 43.0 Å². The number of nitrogens with one attached hydrogen (secondary N) is 1. The fraction of sp³-hybridized carbons (Fsp3) is 0.636. The third-order valence-electron chi connectivity index (χ3n) is 6.01. The van der Waals surface area contributed by atoms with Gasteiger partial charge >= 0.3 is 0 Å². The Morgan fingerprint density at radius 1 is 1.31 bits per heavy atom. The fourth-order valence-corrected chi connectivity index (χ4v) is 4.20. The molecule has 2 aliphatic rings. The van der Waals surface area contributed by atoms with Crippen LogP contribution in [0.4, 0.5) is 0 Å². The highest BCUT2D eigenvalue weighted by Gasteiger charge is 2.53. The molecule has 0 bridgehead atoms. The lowest BCUT2D eigenvalue weighted by atomic mass is 9.83. The maximum atomic E-state index is 13.6. The molecule has 1 aliphatic heterocycles. The lowest BCUT2D eigenvalue weighted by molar-refractivity contribution is -0.127. The SMILES string of the molecule is COc1cccc(C(=O)N2[C@@H](C(=O)NCCN(C)C)COC23CCC(C)CC3)c1. The van der Waals surface area contributed by atoms with E-state index < -0.39 is 11.8 Å². The molecule has 1 saturated heterocycles. The van der Waals surface area contributed by atoms with Crippen molar-refractivity contribution in [1.82, 2.24) is 15.1 Å². The summed E-state index contributed by atoms with van der Waals surface area (Å²) in [5.74, 6) is 0.891. The highest BCUT2D eigenvalue weighted by molar-refractivity contribution is 5.98. The van der Waals surface area contributed by atoms with Crippen LogP contribution >= 0.6 is 0 Å². The smallest absolute Gasteiger partial charge is 0.257 e. The van der Waals surface area contributed by atoms with Gasteiger partial charge in [0.1, 0.15) is 17.5 Å². The van der Waals surface area contributed by atoms with Crippen LogP contribution in [0.2, 0.25) is 0 Å². The van der Waals surface area contributed by atoms with E-state index in [0.29, 0.717) is 23.8 Å². The highest BCUT2D eigenvalue weighted by Crippen LogP contribution is 2.43. The molecule has 0 unspecified atom stereocenters. The second-order valence-electron chi connectivity index (χ2n) is 8.46. The molecule has 1 aliphatic carbocycles. The number of hydrogen-bond donors (Lipinski definition) is 1. The zero-order chi connectivity index (χ0) is 21.0. The number of amides is 2. The molecule has 29 heavy (non-hydrogen) atoms. The Hall–Kier alpha value is -2.12. The summed E-state index contributed by atoms with van der Waals surface area (Å²) >= 11 is 0. The highest BCUT2D eigenvalue weighted by atomic mass is 16.5. The zero-order valence-corrected chi connectivity index (χ0v) is 17.9. The van der Waals surface area contributed by atoms with Crippen molar-refractivity contribution in [3.05, 3.63) is 29.8 Å². The number of carbonyl (C=O) groups excluding carboxylic acids is 2. The number of hydrogen-bond acceptors (Lipinski definition) is 5. The van der Waals surface area contributed by atoms with E-state index in [1.165, 1.54) is 0 Å². The second-order valence-corrected chi connectivity index (χ2v) is 8.46. The van der Waals surface area contributed by atoms with E-state index in [1.54, 1.807) is 36.3 Å². The Balaban J connectivity index is 1.86.